The van der Waals surface area contributed by atoms with Crippen molar-refractivity contribution >= 4 is 34.1 Å². The van der Waals surface area contributed by atoms with Gasteiger partial charge in [-0.3, -0.25) is 0 Å². The maximum atomic E-state index is 13.6. The molecule has 0 spiro atoms. The van der Waals surface area contributed by atoms with Crippen molar-refractivity contribution in [2.75, 3.05) is 0 Å². The van der Waals surface area contributed by atoms with Crippen molar-refractivity contribution in [3.05, 3.63) is 46.7 Å². The van der Waals surface area contributed by atoms with Crippen molar-refractivity contribution in [1.82, 2.24) is 15.0 Å². The first-order valence-electron chi connectivity index (χ1n) is 5.11. The van der Waals surface area contributed by atoms with Gasteiger partial charge < -0.3 is 4.98 Å². The number of aromatic nitrogens is 3. The van der Waals surface area contributed by atoms with Crippen LogP contribution in [0.5, 0.6) is 0 Å². The first kappa shape index (κ1) is 11.4. The number of H-pyrrole nitrogens is 1. The minimum absolute atomic E-state index is 0.0974. The Kier molecular flexibility index (Phi) is 2.69. The maximum Gasteiger partial charge on any atom is 0.222 e. The predicted octanol–water partition coefficient (Wildman–Crippen LogP) is 4.07. The lowest BCUT2D eigenvalue weighted by Gasteiger charge is -2.01. The van der Waals surface area contributed by atoms with Gasteiger partial charge >= 0.3 is 0 Å². The van der Waals surface area contributed by atoms with Crippen LogP contribution in [0.1, 0.15) is 0 Å². The van der Waals surface area contributed by atoms with E-state index in [0.29, 0.717) is 27.2 Å². The molecule has 0 bridgehead atoms. The summed E-state index contributed by atoms with van der Waals surface area (Å²) in [6.45, 7) is 0. The van der Waals surface area contributed by atoms with E-state index in [0.717, 1.165) is 0 Å². The number of para-hydroxylation sites is 1. The fourth-order valence-corrected chi connectivity index (χ4v) is 2.17. The summed E-state index contributed by atoms with van der Waals surface area (Å²) in [5, 5.41) is 1.16. The Morgan fingerprint density at radius 1 is 1.22 bits per heavy atom. The quantitative estimate of drug-likeness (QED) is 0.683. The number of aromatic amines is 1. The average molecular weight is 282 g/mol. The molecule has 3 rings (SSSR count). The first-order chi connectivity index (χ1) is 8.66. The largest absolute Gasteiger partial charge is 0.358 e. The smallest absolute Gasteiger partial charge is 0.222 e. The van der Waals surface area contributed by atoms with Gasteiger partial charge in [-0.1, -0.05) is 23.7 Å². The number of nitrogens with zero attached hydrogens (tertiary/aromatic N) is 2. The van der Waals surface area contributed by atoms with E-state index in [1.807, 2.05) is 0 Å². The summed E-state index contributed by atoms with van der Waals surface area (Å²) >= 11 is 11.8. The average Bonchev–Trinajstić information content (AvgIpc) is 2.77. The van der Waals surface area contributed by atoms with Gasteiger partial charge in [0.15, 0.2) is 0 Å². The van der Waals surface area contributed by atoms with Crippen molar-refractivity contribution < 1.29 is 4.39 Å². The van der Waals surface area contributed by atoms with Gasteiger partial charge in [-0.2, -0.15) is 0 Å². The molecule has 0 radical (unpaired) electrons. The molecule has 0 amide bonds. The minimum Gasteiger partial charge on any atom is -0.358 e. The highest BCUT2D eigenvalue weighted by Gasteiger charge is 2.13. The SMILES string of the molecule is Fc1cccc2c(-c3nc(Cl)ncc3Cl)c[nH]c12. The van der Waals surface area contributed by atoms with Crippen LogP contribution in [0.4, 0.5) is 4.39 Å². The van der Waals surface area contributed by atoms with Gasteiger partial charge in [-0.15, -0.1) is 0 Å². The van der Waals surface area contributed by atoms with Gasteiger partial charge in [-0.25, -0.2) is 14.4 Å². The van der Waals surface area contributed by atoms with E-state index in [1.165, 1.54) is 12.3 Å². The van der Waals surface area contributed by atoms with Gasteiger partial charge in [0, 0.05) is 17.1 Å². The van der Waals surface area contributed by atoms with Crippen molar-refractivity contribution in [1.29, 1.82) is 0 Å². The van der Waals surface area contributed by atoms with Crippen molar-refractivity contribution in [3.63, 3.8) is 0 Å². The van der Waals surface area contributed by atoms with Crippen LogP contribution in [0.15, 0.2) is 30.6 Å². The summed E-state index contributed by atoms with van der Waals surface area (Å²) in [6.07, 6.45) is 3.07. The molecule has 1 N–H and O–H groups in total. The van der Waals surface area contributed by atoms with E-state index >= 15 is 0 Å². The van der Waals surface area contributed by atoms with Gasteiger partial charge in [0.2, 0.25) is 5.28 Å². The predicted molar refractivity (Wildman–Crippen MR) is 69.3 cm³/mol. The van der Waals surface area contributed by atoms with E-state index in [9.17, 15) is 4.39 Å². The molecule has 2 heterocycles. The van der Waals surface area contributed by atoms with E-state index in [-0.39, 0.29) is 11.1 Å². The topological polar surface area (TPSA) is 41.6 Å². The molecular formula is C12H6Cl2FN3. The number of rotatable bonds is 1. The van der Waals surface area contributed by atoms with E-state index < -0.39 is 0 Å². The molecule has 6 heteroatoms. The summed E-state index contributed by atoms with van der Waals surface area (Å²) in [5.74, 6) is -0.324. The van der Waals surface area contributed by atoms with Crippen LogP contribution in [-0.4, -0.2) is 15.0 Å². The molecule has 0 fully saturated rings. The minimum atomic E-state index is -0.324. The lowest BCUT2D eigenvalue weighted by molar-refractivity contribution is 0.637. The highest BCUT2D eigenvalue weighted by atomic mass is 35.5. The van der Waals surface area contributed by atoms with Crippen molar-refractivity contribution in [3.8, 4) is 11.3 Å². The van der Waals surface area contributed by atoms with Gasteiger partial charge in [-0.05, 0) is 17.7 Å². The molecule has 0 aliphatic rings. The van der Waals surface area contributed by atoms with Crippen LogP contribution in [0.25, 0.3) is 22.2 Å². The second-order valence-corrected chi connectivity index (χ2v) is 4.45. The van der Waals surface area contributed by atoms with Gasteiger partial charge in [0.25, 0.3) is 0 Å². The molecular weight excluding hydrogens is 276 g/mol. The zero-order chi connectivity index (χ0) is 12.7. The Balaban J connectivity index is 2.32. The van der Waals surface area contributed by atoms with Crippen molar-refractivity contribution in [2.24, 2.45) is 0 Å². The van der Waals surface area contributed by atoms with Gasteiger partial charge in [0.1, 0.15) is 5.82 Å². The Labute approximate surface area is 112 Å². The van der Waals surface area contributed by atoms with Crippen LogP contribution >= 0.6 is 23.2 Å². The summed E-state index contributed by atoms with van der Waals surface area (Å²) in [7, 11) is 0. The molecule has 0 unspecified atom stereocenters. The monoisotopic (exact) mass is 281 g/mol. The number of hydrogen-bond donors (Lipinski definition) is 1. The summed E-state index contributed by atoms with van der Waals surface area (Å²) in [4.78, 5) is 10.7. The third-order valence-corrected chi connectivity index (χ3v) is 3.09. The second-order valence-electron chi connectivity index (χ2n) is 3.70. The standard InChI is InChI=1S/C12H6Cl2FN3/c13-8-5-17-12(14)18-10(8)7-4-16-11-6(7)2-1-3-9(11)15/h1-5,16H. The molecule has 90 valence electrons. The van der Waals surface area contributed by atoms with Crippen LogP contribution in [0.2, 0.25) is 10.3 Å². The van der Waals surface area contributed by atoms with Crippen molar-refractivity contribution in [2.45, 2.75) is 0 Å². The lowest BCUT2D eigenvalue weighted by atomic mass is 10.1. The van der Waals surface area contributed by atoms with E-state index in [2.05, 4.69) is 15.0 Å². The summed E-state index contributed by atoms with van der Waals surface area (Å²) in [6, 6.07) is 4.81. The molecule has 3 nitrogen and oxygen atoms in total. The fourth-order valence-electron chi connectivity index (χ4n) is 1.85. The van der Waals surface area contributed by atoms with Crippen LogP contribution < -0.4 is 0 Å². The molecule has 1 aromatic carbocycles. The van der Waals surface area contributed by atoms with Crippen LogP contribution in [-0.2, 0) is 0 Å². The Morgan fingerprint density at radius 3 is 2.89 bits per heavy atom. The maximum absolute atomic E-state index is 13.6. The lowest BCUT2D eigenvalue weighted by Crippen LogP contribution is -1.88. The number of benzene rings is 1. The first-order valence-corrected chi connectivity index (χ1v) is 5.86. The van der Waals surface area contributed by atoms with Crippen LogP contribution in [0, 0.1) is 5.82 Å². The third-order valence-electron chi connectivity index (χ3n) is 2.63. The van der Waals surface area contributed by atoms with Gasteiger partial charge in [0.05, 0.1) is 22.4 Å². The van der Waals surface area contributed by atoms with E-state index in [4.69, 9.17) is 23.2 Å². The number of hydrogen-bond acceptors (Lipinski definition) is 2. The third kappa shape index (κ3) is 1.74. The summed E-state index contributed by atoms with van der Waals surface area (Å²) in [5.41, 5.74) is 1.59. The fraction of sp³-hybridized carbons (Fsp3) is 0. The Morgan fingerprint density at radius 2 is 2.06 bits per heavy atom. The highest BCUT2D eigenvalue weighted by Crippen LogP contribution is 2.32. The molecule has 3 aromatic rings. The number of fused-ring (bicyclic) bond motifs is 1. The molecule has 2 aromatic heterocycles. The number of nitrogens with one attached hydrogen (secondary N) is 1. The molecule has 0 atom stereocenters. The van der Waals surface area contributed by atoms with E-state index in [1.54, 1.807) is 18.3 Å². The highest BCUT2D eigenvalue weighted by molar-refractivity contribution is 6.34. The molecule has 0 aliphatic carbocycles. The summed E-state index contributed by atoms with van der Waals surface area (Å²) < 4.78 is 13.6. The molecule has 0 aliphatic heterocycles. The molecule has 0 saturated carbocycles. The molecule has 0 saturated heterocycles. The Hall–Kier alpha value is -1.65. The Bertz CT molecular complexity index is 739. The molecule has 18 heavy (non-hydrogen) atoms. The van der Waals surface area contributed by atoms with Crippen LogP contribution in [0.3, 0.4) is 0 Å². The zero-order valence-corrected chi connectivity index (χ0v) is 10.4. The number of halogens is 3. The zero-order valence-electron chi connectivity index (χ0n) is 8.92. The second kappa shape index (κ2) is 4.23. The normalized spacial score (nSPS) is 11.1.